The standard InChI is InChI=1S/C21H23Cl2NO3/c1-21(2,3)14-4-7-16(8-5-14)24-19(25)10-13(11-20(26)27)17-9-6-15(22)12-18(17)23/h4-9,12-13H,10-11H2,1-3H3,(H,24,25)(H,26,27)/t13-/m0/s1. The topological polar surface area (TPSA) is 66.4 Å². The first-order valence-corrected chi connectivity index (χ1v) is 9.39. The smallest absolute Gasteiger partial charge is 0.303 e. The van der Waals surface area contributed by atoms with E-state index in [1.165, 1.54) is 0 Å². The molecule has 144 valence electrons. The summed E-state index contributed by atoms with van der Waals surface area (Å²) in [5.74, 6) is -1.80. The zero-order chi connectivity index (χ0) is 20.2. The van der Waals surface area contributed by atoms with Crippen LogP contribution in [0.2, 0.25) is 10.0 Å². The van der Waals surface area contributed by atoms with E-state index in [4.69, 9.17) is 23.2 Å². The lowest BCUT2D eigenvalue weighted by molar-refractivity contribution is -0.137. The third-order valence-electron chi connectivity index (χ3n) is 4.29. The molecule has 0 bridgehead atoms. The Morgan fingerprint density at radius 3 is 2.19 bits per heavy atom. The molecule has 0 heterocycles. The highest BCUT2D eigenvalue weighted by Crippen LogP contribution is 2.32. The molecular formula is C21H23Cl2NO3. The number of anilines is 1. The molecule has 0 aliphatic heterocycles. The van der Waals surface area contributed by atoms with Crippen molar-refractivity contribution in [1.29, 1.82) is 0 Å². The predicted molar refractivity (Wildman–Crippen MR) is 110 cm³/mol. The maximum Gasteiger partial charge on any atom is 0.303 e. The second kappa shape index (κ2) is 8.77. The number of rotatable bonds is 6. The van der Waals surface area contributed by atoms with Crippen LogP contribution in [0.5, 0.6) is 0 Å². The van der Waals surface area contributed by atoms with Crippen LogP contribution < -0.4 is 5.32 Å². The zero-order valence-corrected chi connectivity index (χ0v) is 17.1. The van der Waals surface area contributed by atoms with E-state index in [1.54, 1.807) is 18.2 Å². The van der Waals surface area contributed by atoms with E-state index in [1.807, 2.05) is 24.3 Å². The van der Waals surface area contributed by atoms with E-state index in [9.17, 15) is 14.7 Å². The Balaban J connectivity index is 2.12. The Bertz CT molecular complexity index is 826. The average molecular weight is 408 g/mol. The Morgan fingerprint density at radius 1 is 1.04 bits per heavy atom. The van der Waals surface area contributed by atoms with Crippen molar-refractivity contribution in [2.24, 2.45) is 0 Å². The molecule has 6 heteroatoms. The van der Waals surface area contributed by atoms with E-state index >= 15 is 0 Å². The molecule has 4 nitrogen and oxygen atoms in total. The van der Waals surface area contributed by atoms with E-state index in [0.29, 0.717) is 21.3 Å². The van der Waals surface area contributed by atoms with Crippen molar-refractivity contribution >= 4 is 40.8 Å². The normalized spacial score (nSPS) is 12.5. The Morgan fingerprint density at radius 2 is 1.67 bits per heavy atom. The lowest BCUT2D eigenvalue weighted by atomic mass is 9.87. The number of nitrogens with one attached hydrogen (secondary N) is 1. The van der Waals surface area contributed by atoms with Crippen molar-refractivity contribution in [3.05, 3.63) is 63.6 Å². The summed E-state index contributed by atoms with van der Waals surface area (Å²) in [6, 6.07) is 12.5. The third kappa shape index (κ3) is 6.26. The highest BCUT2D eigenvalue weighted by atomic mass is 35.5. The van der Waals surface area contributed by atoms with Crippen molar-refractivity contribution in [2.75, 3.05) is 5.32 Å². The number of carboxylic acids is 1. The van der Waals surface area contributed by atoms with Crippen LogP contribution in [0.15, 0.2) is 42.5 Å². The highest BCUT2D eigenvalue weighted by molar-refractivity contribution is 6.35. The van der Waals surface area contributed by atoms with Gasteiger partial charge in [-0.15, -0.1) is 0 Å². The number of hydrogen-bond donors (Lipinski definition) is 2. The molecule has 1 amide bonds. The maximum absolute atomic E-state index is 12.5. The molecule has 2 aromatic rings. The summed E-state index contributed by atoms with van der Waals surface area (Å²) in [5, 5.41) is 12.8. The van der Waals surface area contributed by atoms with Gasteiger partial charge >= 0.3 is 5.97 Å². The van der Waals surface area contributed by atoms with Gasteiger partial charge in [0.1, 0.15) is 0 Å². The van der Waals surface area contributed by atoms with Crippen molar-refractivity contribution < 1.29 is 14.7 Å². The molecule has 0 aliphatic carbocycles. The molecule has 2 aromatic carbocycles. The number of carbonyl (C=O) groups is 2. The SMILES string of the molecule is CC(C)(C)c1ccc(NC(=O)C[C@@H](CC(=O)O)c2ccc(Cl)cc2Cl)cc1. The minimum absolute atomic E-state index is 0.00861. The molecule has 0 unspecified atom stereocenters. The number of carboxylic acid groups (broad SMARTS) is 1. The van der Waals surface area contributed by atoms with E-state index < -0.39 is 11.9 Å². The molecule has 2 N–H and O–H groups in total. The van der Waals surface area contributed by atoms with Gasteiger partial charge < -0.3 is 10.4 Å². The van der Waals surface area contributed by atoms with Crippen LogP contribution in [0.3, 0.4) is 0 Å². The first-order chi connectivity index (χ1) is 12.6. The largest absolute Gasteiger partial charge is 0.481 e. The summed E-state index contributed by atoms with van der Waals surface area (Å²) >= 11 is 12.1. The molecule has 0 radical (unpaired) electrons. The van der Waals surface area contributed by atoms with Gasteiger partial charge in [-0.1, -0.05) is 62.2 Å². The molecule has 0 saturated carbocycles. The first-order valence-electron chi connectivity index (χ1n) is 8.63. The van der Waals surface area contributed by atoms with Gasteiger partial charge in [0.25, 0.3) is 0 Å². The molecule has 1 atom stereocenters. The predicted octanol–water partition coefficient (Wildman–Crippen LogP) is 5.88. The molecule has 0 aromatic heterocycles. The minimum Gasteiger partial charge on any atom is -0.481 e. The third-order valence-corrected chi connectivity index (χ3v) is 4.85. The van der Waals surface area contributed by atoms with Crippen molar-refractivity contribution in [1.82, 2.24) is 0 Å². The first kappa shape index (κ1) is 21.3. The van der Waals surface area contributed by atoms with Gasteiger partial charge in [0.2, 0.25) is 5.91 Å². The summed E-state index contributed by atoms with van der Waals surface area (Å²) < 4.78 is 0. The van der Waals surface area contributed by atoms with Crippen LogP contribution in [0.1, 0.15) is 50.7 Å². The molecule has 0 fully saturated rings. The maximum atomic E-state index is 12.5. The quantitative estimate of drug-likeness (QED) is 0.628. The fourth-order valence-corrected chi connectivity index (χ4v) is 3.39. The number of carbonyl (C=O) groups excluding carboxylic acids is 1. The van der Waals surface area contributed by atoms with Crippen LogP contribution in [0.25, 0.3) is 0 Å². The van der Waals surface area contributed by atoms with Gasteiger partial charge in [0.05, 0.1) is 6.42 Å². The number of amides is 1. The highest BCUT2D eigenvalue weighted by Gasteiger charge is 2.22. The lowest BCUT2D eigenvalue weighted by Crippen LogP contribution is -2.18. The fraction of sp³-hybridized carbons (Fsp3) is 0.333. The van der Waals surface area contributed by atoms with E-state index in [2.05, 4.69) is 26.1 Å². The van der Waals surface area contributed by atoms with Gasteiger partial charge in [-0.05, 0) is 40.8 Å². The van der Waals surface area contributed by atoms with E-state index in [-0.39, 0.29) is 24.2 Å². The lowest BCUT2D eigenvalue weighted by Gasteiger charge is -2.20. The number of benzene rings is 2. The van der Waals surface area contributed by atoms with Crippen LogP contribution in [0, 0.1) is 0 Å². The Hall–Kier alpha value is -2.04. The Labute approximate surface area is 169 Å². The molecule has 2 rings (SSSR count). The van der Waals surface area contributed by atoms with E-state index in [0.717, 1.165) is 5.56 Å². The van der Waals surface area contributed by atoms with Crippen LogP contribution in [-0.4, -0.2) is 17.0 Å². The summed E-state index contributed by atoms with van der Waals surface area (Å²) in [7, 11) is 0. The molecule has 0 aliphatic rings. The van der Waals surface area contributed by atoms with Crippen molar-refractivity contribution in [3.8, 4) is 0 Å². The van der Waals surface area contributed by atoms with Gasteiger partial charge in [0.15, 0.2) is 0 Å². The average Bonchev–Trinajstić information content (AvgIpc) is 2.53. The second-order valence-corrected chi connectivity index (χ2v) is 8.38. The Kier molecular flexibility index (Phi) is 6.90. The number of hydrogen-bond acceptors (Lipinski definition) is 2. The second-order valence-electron chi connectivity index (χ2n) is 7.54. The summed E-state index contributed by atoms with van der Waals surface area (Å²) in [5.41, 5.74) is 2.46. The zero-order valence-electron chi connectivity index (χ0n) is 15.6. The molecule has 27 heavy (non-hydrogen) atoms. The van der Waals surface area contributed by atoms with Crippen LogP contribution in [-0.2, 0) is 15.0 Å². The van der Waals surface area contributed by atoms with Crippen molar-refractivity contribution in [3.63, 3.8) is 0 Å². The van der Waals surface area contributed by atoms with Gasteiger partial charge in [-0.2, -0.15) is 0 Å². The van der Waals surface area contributed by atoms with Gasteiger partial charge in [0, 0.05) is 28.1 Å². The monoisotopic (exact) mass is 407 g/mol. The van der Waals surface area contributed by atoms with Crippen molar-refractivity contribution in [2.45, 2.75) is 44.9 Å². The molecular weight excluding hydrogens is 385 g/mol. The molecule has 0 saturated heterocycles. The van der Waals surface area contributed by atoms with Crippen LogP contribution in [0.4, 0.5) is 5.69 Å². The fourth-order valence-electron chi connectivity index (χ4n) is 2.82. The van der Waals surface area contributed by atoms with Gasteiger partial charge in [-0.25, -0.2) is 0 Å². The summed E-state index contributed by atoms with van der Waals surface area (Å²) in [6.07, 6.45) is -0.188. The number of halogens is 2. The van der Waals surface area contributed by atoms with Crippen LogP contribution >= 0.6 is 23.2 Å². The minimum atomic E-state index is -0.992. The summed E-state index contributed by atoms with van der Waals surface area (Å²) in [4.78, 5) is 23.7. The number of aliphatic carboxylic acids is 1. The molecule has 0 spiro atoms. The summed E-state index contributed by atoms with van der Waals surface area (Å²) in [6.45, 7) is 6.35. The van der Waals surface area contributed by atoms with Gasteiger partial charge in [-0.3, -0.25) is 9.59 Å².